The van der Waals surface area contributed by atoms with E-state index in [1.807, 2.05) is 13.8 Å². The molecule has 0 aliphatic carbocycles. The van der Waals surface area contributed by atoms with Crippen molar-refractivity contribution in [1.29, 1.82) is 0 Å². The van der Waals surface area contributed by atoms with Crippen LogP contribution in [0.3, 0.4) is 0 Å². The normalized spacial score (nSPS) is 12.1. The van der Waals surface area contributed by atoms with Crippen molar-refractivity contribution in [3.8, 4) is 0 Å². The molecule has 0 aliphatic heterocycles. The number of aliphatic hydroxyl groups excluding tert-OH is 1. The zero-order valence-corrected chi connectivity index (χ0v) is 10.7. The van der Waals surface area contributed by atoms with Crippen LogP contribution in [0, 0.1) is 0 Å². The van der Waals surface area contributed by atoms with E-state index in [9.17, 15) is 0 Å². The third-order valence-corrected chi connectivity index (χ3v) is 2.83. The number of benzene rings is 1. The molecule has 0 spiro atoms. The average molecular weight is 222 g/mol. The number of hydrogen-bond acceptors (Lipinski definition) is 2. The van der Waals surface area contributed by atoms with Crippen molar-refractivity contribution in [2.24, 2.45) is 0 Å². The summed E-state index contributed by atoms with van der Waals surface area (Å²) in [5.41, 5.74) is 2.14. The molecule has 0 fully saturated rings. The lowest BCUT2D eigenvalue weighted by atomic mass is 9.94. The third-order valence-electron chi connectivity index (χ3n) is 2.83. The molecule has 0 atom stereocenters. The highest BCUT2D eigenvalue weighted by Gasteiger charge is 2.20. The maximum atomic E-state index is 8.77. The van der Waals surface area contributed by atoms with Crippen LogP contribution >= 0.6 is 0 Å². The van der Waals surface area contributed by atoms with Gasteiger partial charge in [-0.3, -0.25) is 0 Å². The van der Waals surface area contributed by atoms with Crippen LogP contribution in [-0.2, 0) is 10.3 Å². The van der Waals surface area contributed by atoms with Gasteiger partial charge in [0.2, 0.25) is 0 Å². The maximum Gasteiger partial charge on any atom is 0.0876 e. The first-order valence-corrected chi connectivity index (χ1v) is 5.82. The number of ether oxygens (including phenoxy) is 1. The Labute approximate surface area is 98.3 Å². The molecule has 1 aromatic carbocycles. The summed E-state index contributed by atoms with van der Waals surface area (Å²) in [5, 5.41) is 8.77. The van der Waals surface area contributed by atoms with E-state index in [1.54, 1.807) is 0 Å². The van der Waals surface area contributed by atoms with Crippen LogP contribution in [0.2, 0.25) is 0 Å². The monoisotopic (exact) mass is 222 g/mol. The lowest BCUT2D eigenvalue weighted by molar-refractivity contribution is -0.0369. The first-order chi connectivity index (χ1) is 7.47. The Morgan fingerprint density at radius 1 is 1.19 bits per heavy atom. The zero-order valence-electron chi connectivity index (χ0n) is 10.7. The highest BCUT2D eigenvalue weighted by atomic mass is 16.5. The van der Waals surface area contributed by atoms with Crippen molar-refractivity contribution in [3.05, 3.63) is 35.4 Å². The molecule has 0 aliphatic rings. The fraction of sp³-hybridized carbons (Fsp3) is 0.571. The van der Waals surface area contributed by atoms with Gasteiger partial charge in [-0.05, 0) is 30.9 Å². The molecule has 0 unspecified atom stereocenters. The van der Waals surface area contributed by atoms with Crippen molar-refractivity contribution in [2.75, 3.05) is 13.2 Å². The summed E-state index contributed by atoms with van der Waals surface area (Å²) < 4.78 is 5.62. The minimum Gasteiger partial charge on any atom is -0.394 e. The van der Waals surface area contributed by atoms with E-state index in [2.05, 4.69) is 38.1 Å². The van der Waals surface area contributed by atoms with Crippen molar-refractivity contribution >= 4 is 0 Å². The van der Waals surface area contributed by atoms with Gasteiger partial charge in [-0.25, -0.2) is 0 Å². The quantitative estimate of drug-likeness (QED) is 0.829. The Hall–Kier alpha value is -0.860. The van der Waals surface area contributed by atoms with Gasteiger partial charge in [0.25, 0.3) is 0 Å². The summed E-state index contributed by atoms with van der Waals surface area (Å²) in [6, 6.07) is 8.49. The lowest BCUT2D eigenvalue weighted by Crippen LogP contribution is -2.23. The number of aliphatic hydroxyl groups is 1. The Kier molecular flexibility index (Phi) is 4.51. The van der Waals surface area contributed by atoms with Crippen molar-refractivity contribution in [1.82, 2.24) is 0 Å². The van der Waals surface area contributed by atoms with Crippen molar-refractivity contribution in [2.45, 2.75) is 39.2 Å². The first-order valence-electron chi connectivity index (χ1n) is 5.82. The van der Waals surface area contributed by atoms with E-state index in [0.29, 0.717) is 12.5 Å². The fourth-order valence-electron chi connectivity index (χ4n) is 1.65. The summed E-state index contributed by atoms with van der Waals surface area (Å²) in [6.45, 7) is 8.84. The minimum absolute atomic E-state index is 0.0630. The van der Waals surface area contributed by atoms with E-state index < -0.39 is 0 Å². The average Bonchev–Trinajstić information content (AvgIpc) is 2.26. The topological polar surface area (TPSA) is 29.5 Å². The van der Waals surface area contributed by atoms with E-state index in [0.717, 1.165) is 5.56 Å². The van der Waals surface area contributed by atoms with E-state index in [4.69, 9.17) is 9.84 Å². The zero-order chi connectivity index (χ0) is 12.2. The predicted molar refractivity (Wildman–Crippen MR) is 66.6 cm³/mol. The molecule has 0 saturated carbocycles. The lowest BCUT2D eigenvalue weighted by Gasteiger charge is -2.26. The molecule has 0 bridgehead atoms. The van der Waals surface area contributed by atoms with Gasteiger partial charge in [0.1, 0.15) is 0 Å². The Morgan fingerprint density at radius 3 is 2.19 bits per heavy atom. The van der Waals surface area contributed by atoms with Crippen LogP contribution < -0.4 is 0 Å². The highest BCUT2D eigenvalue weighted by Crippen LogP contribution is 2.26. The number of rotatable bonds is 5. The van der Waals surface area contributed by atoms with Crippen LogP contribution in [0.25, 0.3) is 0 Å². The summed E-state index contributed by atoms with van der Waals surface area (Å²) in [5.74, 6) is 0.551. The molecule has 2 heteroatoms. The molecular formula is C14H22O2. The summed E-state index contributed by atoms with van der Waals surface area (Å²) in [6.07, 6.45) is 0. The van der Waals surface area contributed by atoms with Gasteiger partial charge in [-0.2, -0.15) is 0 Å². The van der Waals surface area contributed by atoms with Crippen LogP contribution in [0.5, 0.6) is 0 Å². The Morgan fingerprint density at radius 2 is 1.75 bits per heavy atom. The molecule has 1 rings (SSSR count). The second kappa shape index (κ2) is 5.46. The van der Waals surface area contributed by atoms with Gasteiger partial charge in [0, 0.05) is 0 Å². The second-order valence-electron chi connectivity index (χ2n) is 4.86. The third kappa shape index (κ3) is 3.32. The molecule has 1 aromatic rings. The van der Waals surface area contributed by atoms with Crippen LogP contribution in [0.1, 0.15) is 44.7 Å². The summed E-state index contributed by atoms with van der Waals surface area (Å²) in [7, 11) is 0. The largest absolute Gasteiger partial charge is 0.394 e. The molecule has 0 heterocycles. The molecule has 2 nitrogen and oxygen atoms in total. The van der Waals surface area contributed by atoms with Crippen LogP contribution in [-0.4, -0.2) is 18.3 Å². The molecule has 0 saturated heterocycles. The van der Waals surface area contributed by atoms with Gasteiger partial charge in [0.05, 0.1) is 18.8 Å². The molecule has 0 aromatic heterocycles. The smallest absolute Gasteiger partial charge is 0.0876 e. The molecule has 0 amide bonds. The van der Waals surface area contributed by atoms with Gasteiger partial charge < -0.3 is 9.84 Å². The van der Waals surface area contributed by atoms with Gasteiger partial charge >= 0.3 is 0 Å². The predicted octanol–water partition coefficient (Wildman–Crippen LogP) is 3.05. The van der Waals surface area contributed by atoms with Crippen LogP contribution in [0.4, 0.5) is 0 Å². The summed E-state index contributed by atoms with van der Waals surface area (Å²) in [4.78, 5) is 0. The SMILES string of the molecule is CC(C)c1ccc(C(C)(C)OCCO)cc1. The fourth-order valence-corrected chi connectivity index (χ4v) is 1.65. The van der Waals surface area contributed by atoms with E-state index in [1.165, 1.54) is 5.56 Å². The molecule has 90 valence electrons. The van der Waals surface area contributed by atoms with Crippen LogP contribution in [0.15, 0.2) is 24.3 Å². The molecular weight excluding hydrogens is 200 g/mol. The summed E-state index contributed by atoms with van der Waals surface area (Å²) >= 11 is 0. The van der Waals surface area contributed by atoms with Gasteiger partial charge in [0.15, 0.2) is 0 Å². The molecule has 0 radical (unpaired) electrons. The molecule has 16 heavy (non-hydrogen) atoms. The Bertz CT molecular complexity index is 312. The Balaban J connectivity index is 2.79. The molecule has 1 N–H and O–H groups in total. The van der Waals surface area contributed by atoms with Crippen molar-refractivity contribution in [3.63, 3.8) is 0 Å². The highest BCUT2D eigenvalue weighted by molar-refractivity contribution is 5.28. The number of hydrogen-bond donors (Lipinski definition) is 1. The van der Waals surface area contributed by atoms with E-state index in [-0.39, 0.29) is 12.2 Å². The first kappa shape index (κ1) is 13.2. The van der Waals surface area contributed by atoms with Gasteiger partial charge in [-0.1, -0.05) is 38.1 Å². The standard InChI is InChI=1S/C14H22O2/c1-11(2)12-5-7-13(8-6-12)14(3,4)16-10-9-15/h5-8,11,15H,9-10H2,1-4H3. The second-order valence-corrected chi connectivity index (χ2v) is 4.86. The van der Waals surface area contributed by atoms with Crippen molar-refractivity contribution < 1.29 is 9.84 Å². The maximum absolute atomic E-state index is 8.77. The minimum atomic E-state index is -0.335. The van der Waals surface area contributed by atoms with E-state index >= 15 is 0 Å². The van der Waals surface area contributed by atoms with Gasteiger partial charge in [-0.15, -0.1) is 0 Å².